The number of aromatic nitrogens is 2. The summed E-state index contributed by atoms with van der Waals surface area (Å²) in [5, 5.41) is 0. The van der Waals surface area contributed by atoms with Crippen molar-refractivity contribution in [1.29, 1.82) is 0 Å². The second kappa shape index (κ2) is 6.90. The molecule has 0 fully saturated rings. The summed E-state index contributed by atoms with van der Waals surface area (Å²) in [6, 6.07) is 10.5. The zero-order valence-corrected chi connectivity index (χ0v) is 12.9. The molecule has 21 heavy (non-hydrogen) atoms. The van der Waals surface area contributed by atoms with Crippen molar-refractivity contribution < 1.29 is 0 Å². The summed E-state index contributed by atoms with van der Waals surface area (Å²) in [4.78, 5) is 11.3. The third kappa shape index (κ3) is 3.35. The van der Waals surface area contributed by atoms with Gasteiger partial charge in [-0.1, -0.05) is 30.3 Å². The molecular formula is C17H20ClN3. The van der Waals surface area contributed by atoms with Crippen LogP contribution in [0.2, 0.25) is 0 Å². The first-order chi connectivity index (χ1) is 10.4. The topological polar surface area (TPSA) is 29.0 Å². The number of nitrogens with zero attached hydrogens (tertiary/aromatic N) is 3. The zero-order chi connectivity index (χ0) is 14.5. The lowest BCUT2D eigenvalue weighted by molar-refractivity contribution is 0.654. The van der Waals surface area contributed by atoms with Gasteiger partial charge in [0.25, 0.3) is 0 Å². The molecule has 0 atom stereocenters. The van der Waals surface area contributed by atoms with Gasteiger partial charge in [-0.3, -0.25) is 0 Å². The van der Waals surface area contributed by atoms with Gasteiger partial charge in [0.2, 0.25) is 0 Å². The van der Waals surface area contributed by atoms with Crippen molar-refractivity contribution in [2.75, 3.05) is 17.3 Å². The lowest BCUT2D eigenvalue weighted by Crippen LogP contribution is -2.28. The summed E-state index contributed by atoms with van der Waals surface area (Å²) in [7, 11) is 0. The van der Waals surface area contributed by atoms with E-state index >= 15 is 0 Å². The van der Waals surface area contributed by atoms with Crippen molar-refractivity contribution in [2.45, 2.75) is 32.2 Å². The lowest BCUT2D eigenvalue weighted by atomic mass is 9.96. The molecule has 0 N–H and O–H groups in total. The third-order valence-corrected chi connectivity index (χ3v) is 4.14. The molecule has 4 heteroatoms. The predicted molar refractivity (Wildman–Crippen MR) is 86.9 cm³/mol. The monoisotopic (exact) mass is 301 g/mol. The van der Waals surface area contributed by atoms with Gasteiger partial charge < -0.3 is 4.90 Å². The van der Waals surface area contributed by atoms with E-state index in [4.69, 9.17) is 11.6 Å². The highest BCUT2D eigenvalue weighted by molar-refractivity contribution is 6.18. The molecule has 0 unspecified atom stereocenters. The number of rotatable bonds is 5. The summed E-state index contributed by atoms with van der Waals surface area (Å²) in [6.45, 7) is 1.65. The van der Waals surface area contributed by atoms with E-state index < -0.39 is 0 Å². The maximum Gasteiger partial charge on any atom is 0.135 e. The molecule has 1 heterocycles. The van der Waals surface area contributed by atoms with Crippen molar-refractivity contribution in [3.63, 3.8) is 0 Å². The van der Waals surface area contributed by atoms with E-state index in [1.54, 1.807) is 6.33 Å². The molecule has 0 aliphatic heterocycles. The summed E-state index contributed by atoms with van der Waals surface area (Å²) in [5.74, 6) is 1.68. The molecule has 0 saturated heterocycles. The quantitative estimate of drug-likeness (QED) is 0.790. The van der Waals surface area contributed by atoms with Gasteiger partial charge in [-0.2, -0.15) is 0 Å². The van der Waals surface area contributed by atoms with Crippen LogP contribution in [-0.2, 0) is 19.4 Å². The number of aryl methyl sites for hydroxylation is 1. The van der Waals surface area contributed by atoms with Gasteiger partial charge in [0, 0.05) is 30.2 Å². The molecule has 3 rings (SSSR count). The Morgan fingerprint density at radius 2 is 1.86 bits per heavy atom. The van der Waals surface area contributed by atoms with Gasteiger partial charge >= 0.3 is 0 Å². The Hall–Kier alpha value is -1.61. The molecule has 3 nitrogen and oxygen atoms in total. The van der Waals surface area contributed by atoms with Crippen molar-refractivity contribution in [3.05, 3.63) is 53.5 Å². The molecule has 1 aliphatic rings. The first-order valence-electron chi connectivity index (χ1n) is 7.56. The lowest BCUT2D eigenvalue weighted by Gasteiger charge is -2.27. The third-order valence-electron chi connectivity index (χ3n) is 3.97. The Morgan fingerprint density at radius 1 is 1.05 bits per heavy atom. The van der Waals surface area contributed by atoms with E-state index in [1.165, 1.54) is 29.7 Å². The van der Waals surface area contributed by atoms with Crippen LogP contribution >= 0.6 is 11.6 Å². The molecule has 1 aromatic carbocycles. The number of halogens is 1. The zero-order valence-electron chi connectivity index (χ0n) is 12.1. The van der Waals surface area contributed by atoms with E-state index in [9.17, 15) is 0 Å². The van der Waals surface area contributed by atoms with E-state index in [0.717, 1.165) is 31.7 Å². The normalized spacial score (nSPS) is 13.8. The number of anilines is 1. The molecule has 1 aliphatic carbocycles. The summed E-state index contributed by atoms with van der Waals surface area (Å²) >= 11 is 6.01. The maximum atomic E-state index is 6.01. The molecule has 1 aromatic heterocycles. The van der Waals surface area contributed by atoms with Crippen LogP contribution in [0.3, 0.4) is 0 Å². The average molecular weight is 302 g/mol. The Morgan fingerprint density at radius 3 is 2.67 bits per heavy atom. The number of alkyl halides is 1. The highest BCUT2D eigenvalue weighted by Gasteiger charge is 2.19. The van der Waals surface area contributed by atoms with E-state index in [-0.39, 0.29) is 0 Å². The van der Waals surface area contributed by atoms with Crippen LogP contribution in [0.1, 0.15) is 29.7 Å². The molecule has 0 bridgehead atoms. The Labute approximate surface area is 131 Å². The minimum atomic E-state index is 0.603. The van der Waals surface area contributed by atoms with Gasteiger partial charge in [0.05, 0.1) is 0 Å². The minimum absolute atomic E-state index is 0.603. The fourth-order valence-corrected chi connectivity index (χ4v) is 3.15. The van der Waals surface area contributed by atoms with Crippen LogP contribution in [0.4, 0.5) is 5.82 Å². The standard InChI is InChI=1S/C17H20ClN3/c18-10-11-21(12-14-6-2-1-3-7-14)17-15-8-4-5-9-16(15)19-13-20-17/h1-3,6-7,13H,4-5,8-12H2. The van der Waals surface area contributed by atoms with Crippen LogP contribution in [0.25, 0.3) is 0 Å². The molecule has 0 amide bonds. The maximum absolute atomic E-state index is 6.01. The van der Waals surface area contributed by atoms with E-state index in [2.05, 4.69) is 39.1 Å². The van der Waals surface area contributed by atoms with Crippen LogP contribution in [0.15, 0.2) is 36.7 Å². The Kier molecular flexibility index (Phi) is 4.71. The molecule has 2 aromatic rings. The van der Waals surface area contributed by atoms with Crippen molar-refractivity contribution in [2.24, 2.45) is 0 Å². The first kappa shape index (κ1) is 14.3. The van der Waals surface area contributed by atoms with Gasteiger partial charge in [-0.15, -0.1) is 11.6 Å². The Balaban J connectivity index is 1.90. The van der Waals surface area contributed by atoms with Gasteiger partial charge in [-0.25, -0.2) is 9.97 Å². The van der Waals surface area contributed by atoms with Gasteiger partial charge in [-0.05, 0) is 31.2 Å². The smallest absolute Gasteiger partial charge is 0.135 e. The molecule has 0 radical (unpaired) electrons. The highest BCUT2D eigenvalue weighted by Crippen LogP contribution is 2.28. The Bertz CT molecular complexity index is 586. The molecule has 0 spiro atoms. The van der Waals surface area contributed by atoms with Crippen molar-refractivity contribution >= 4 is 17.4 Å². The number of hydrogen-bond donors (Lipinski definition) is 0. The number of fused-ring (bicyclic) bond motifs is 1. The van der Waals surface area contributed by atoms with Crippen molar-refractivity contribution in [1.82, 2.24) is 9.97 Å². The van der Waals surface area contributed by atoms with Crippen LogP contribution in [0.5, 0.6) is 0 Å². The van der Waals surface area contributed by atoms with E-state index in [1.807, 2.05) is 6.07 Å². The fraction of sp³-hybridized carbons (Fsp3) is 0.412. The summed E-state index contributed by atoms with van der Waals surface area (Å²) in [5.41, 5.74) is 3.83. The minimum Gasteiger partial charge on any atom is -0.351 e. The number of benzene rings is 1. The first-order valence-corrected chi connectivity index (χ1v) is 8.09. The van der Waals surface area contributed by atoms with Gasteiger partial charge in [0.1, 0.15) is 12.1 Å². The van der Waals surface area contributed by atoms with Crippen LogP contribution in [-0.4, -0.2) is 22.4 Å². The van der Waals surface area contributed by atoms with Crippen molar-refractivity contribution in [3.8, 4) is 0 Å². The molecule has 110 valence electrons. The fourth-order valence-electron chi connectivity index (χ4n) is 2.94. The van der Waals surface area contributed by atoms with E-state index in [0.29, 0.717) is 5.88 Å². The second-order valence-electron chi connectivity index (χ2n) is 5.43. The molecular weight excluding hydrogens is 282 g/mol. The summed E-state index contributed by atoms with van der Waals surface area (Å²) < 4.78 is 0. The van der Waals surface area contributed by atoms with Crippen LogP contribution < -0.4 is 4.90 Å². The summed E-state index contributed by atoms with van der Waals surface area (Å²) in [6.07, 6.45) is 6.32. The van der Waals surface area contributed by atoms with Crippen LogP contribution in [0, 0.1) is 0 Å². The van der Waals surface area contributed by atoms with Gasteiger partial charge in [0.15, 0.2) is 0 Å². The molecule has 0 saturated carbocycles. The largest absolute Gasteiger partial charge is 0.351 e. The average Bonchev–Trinajstić information content (AvgIpc) is 2.55. The second-order valence-corrected chi connectivity index (χ2v) is 5.80. The predicted octanol–water partition coefficient (Wildman–Crippen LogP) is 3.60. The highest BCUT2D eigenvalue weighted by atomic mass is 35.5. The number of hydrogen-bond acceptors (Lipinski definition) is 3. The SMILES string of the molecule is ClCCN(Cc1ccccc1)c1ncnc2c1CCCC2.